The highest BCUT2D eigenvalue weighted by Crippen LogP contribution is 2.18. The van der Waals surface area contributed by atoms with Gasteiger partial charge in [-0.15, -0.1) is 0 Å². The van der Waals surface area contributed by atoms with Gasteiger partial charge in [-0.3, -0.25) is 0 Å². The van der Waals surface area contributed by atoms with E-state index in [0.717, 1.165) is 12.0 Å². The Morgan fingerprint density at radius 1 is 1.32 bits per heavy atom. The van der Waals surface area contributed by atoms with E-state index in [1.165, 1.54) is 0 Å². The van der Waals surface area contributed by atoms with Crippen LogP contribution in [0.5, 0.6) is 0 Å². The van der Waals surface area contributed by atoms with E-state index in [2.05, 4.69) is 0 Å². The maximum Gasteiger partial charge on any atom is 0.214 e. The van der Waals surface area contributed by atoms with Crippen LogP contribution in [-0.4, -0.2) is 37.6 Å². The Bertz CT molecular complexity index is 501. The van der Waals surface area contributed by atoms with E-state index in [-0.39, 0.29) is 17.7 Å². The van der Waals surface area contributed by atoms with Gasteiger partial charge < -0.3 is 5.73 Å². The average Bonchev–Trinajstić information content (AvgIpc) is 2.41. The van der Waals surface area contributed by atoms with Crippen molar-refractivity contribution in [3.05, 3.63) is 35.9 Å². The summed E-state index contributed by atoms with van der Waals surface area (Å²) in [4.78, 5) is 0. The molecule has 0 aromatic heterocycles. The third-order valence-electron chi connectivity index (χ3n) is 3.82. The molecule has 2 atom stereocenters. The molecule has 19 heavy (non-hydrogen) atoms. The third kappa shape index (κ3) is 3.78. The van der Waals surface area contributed by atoms with E-state index in [1.54, 1.807) is 4.31 Å². The smallest absolute Gasteiger partial charge is 0.214 e. The largest absolute Gasteiger partial charge is 0.327 e. The topological polar surface area (TPSA) is 63.4 Å². The van der Waals surface area contributed by atoms with Gasteiger partial charge in [0.15, 0.2) is 0 Å². The average molecular weight is 282 g/mol. The maximum atomic E-state index is 12.3. The minimum Gasteiger partial charge on any atom is -0.327 e. The van der Waals surface area contributed by atoms with Crippen LogP contribution >= 0.6 is 0 Å². The second-order valence-corrected chi connectivity index (χ2v) is 7.43. The highest BCUT2D eigenvalue weighted by Gasteiger charge is 2.30. The molecule has 1 aromatic carbocycles. The molecule has 2 N–H and O–H groups in total. The Balaban J connectivity index is 1.95. The molecule has 1 aromatic rings. The van der Waals surface area contributed by atoms with Crippen LogP contribution in [0.1, 0.15) is 18.9 Å². The number of rotatable bonds is 4. The number of nitrogens with zero attached hydrogens (tertiary/aromatic N) is 1. The highest BCUT2D eigenvalue weighted by atomic mass is 32.2. The molecule has 2 unspecified atom stereocenters. The van der Waals surface area contributed by atoms with E-state index in [0.29, 0.717) is 19.5 Å². The first-order valence-electron chi connectivity index (χ1n) is 6.76. The van der Waals surface area contributed by atoms with E-state index in [9.17, 15) is 8.42 Å². The fourth-order valence-corrected chi connectivity index (χ4v) is 4.00. The molecule has 1 aliphatic heterocycles. The molecule has 0 radical (unpaired) electrons. The zero-order valence-electron chi connectivity index (χ0n) is 11.3. The molecule has 1 saturated heterocycles. The number of sulfonamides is 1. The molecule has 106 valence electrons. The van der Waals surface area contributed by atoms with Crippen molar-refractivity contribution >= 4 is 10.0 Å². The zero-order chi connectivity index (χ0) is 13.9. The molecule has 5 heteroatoms. The zero-order valence-corrected chi connectivity index (χ0v) is 12.1. The molecule has 1 heterocycles. The second-order valence-electron chi connectivity index (χ2n) is 5.34. The molecule has 1 aliphatic rings. The predicted molar refractivity (Wildman–Crippen MR) is 77.3 cm³/mol. The van der Waals surface area contributed by atoms with Crippen LogP contribution in [0.4, 0.5) is 0 Å². The number of hydrogen-bond acceptors (Lipinski definition) is 3. The summed E-state index contributed by atoms with van der Waals surface area (Å²) in [6.07, 6.45) is 1.33. The van der Waals surface area contributed by atoms with Crippen LogP contribution in [-0.2, 0) is 16.4 Å². The number of benzene rings is 1. The number of aryl methyl sites for hydroxylation is 1. The van der Waals surface area contributed by atoms with E-state index in [4.69, 9.17) is 5.73 Å². The standard InChI is InChI=1S/C14H22N2O2S/c1-12-11-16(9-7-14(12)15)19(17,18)10-8-13-5-3-2-4-6-13/h2-6,12,14H,7-11,15H2,1H3. The molecule has 0 aliphatic carbocycles. The van der Waals surface area contributed by atoms with Gasteiger partial charge in [0.05, 0.1) is 5.75 Å². The van der Waals surface area contributed by atoms with Crippen LogP contribution in [0.15, 0.2) is 30.3 Å². The number of piperidine rings is 1. The van der Waals surface area contributed by atoms with Crippen LogP contribution in [0.25, 0.3) is 0 Å². The van der Waals surface area contributed by atoms with Gasteiger partial charge in [0, 0.05) is 19.1 Å². The Morgan fingerprint density at radius 2 is 2.00 bits per heavy atom. The Hall–Kier alpha value is -0.910. The van der Waals surface area contributed by atoms with Crippen molar-refractivity contribution in [2.75, 3.05) is 18.8 Å². The minimum absolute atomic E-state index is 0.126. The van der Waals surface area contributed by atoms with Crippen molar-refractivity contribution in [3.63, 3.8) is 0 Å². The SMILES string of the molecule is CC1CN(S(=O)(=O)CCc2ccccc2)CCC1N. The van der Waals surface area contributed by atoms with Gasteiger partial charge in [-0.2, -0.15) is 0 Å². The molecule has 1 fully saturated rings. The predicted octanol–water partition coefficient (Wildman–Crippen LogP) is 1.23. The lowest BCUT2D eigenvalue weighted by atomic mass is 9.96. The van der Waals surface area contributed by atoms with Crippen LogP contribution < -0.4 is 5.73 Å². The number of nitrogens with two attached hydrogens (primary N) is 1. The molecule has 0 saturated carbocycles. The van der Waals surface area contributed by atoms with Gasteiger partial charge in [-0.25, -0.2) is 12.7 Å². The van der Waals surface area contributed by atoms with Crippen LogP contribution in [0, 0.1) is 5.92 Å². The normalized spacial score (nSPS) is 25.4. The fourth-order valence-electron chi connectivity index (χ4n) is 2.40. The summed E-state index contributed by atoms with van der Waals surface area (Å²) < 4.78 is 26.2. The Morgan fingerprint density at radius 3 is 2.63 bits per heavy atom. The van der Waals surface area contributed by atoms with Crippen molar-refractivity contribution in [1.29, 1.82) is 0 Å². The lowest BCUT2D eigenvalue weighted by Crippen LogP contribution is -2.48. The lowest BCUT2D eigenvalue weighted by Gasteiger charge is -2.34. The van der Waals surface area contributed by atoms with E-state index in [1.807, 2.05) is 37.3 Å². The first-order chi connectivity index (χ1) is 8.99. The molecular formula is C14H22N2O2S. The summed E-state index contributed by atoms with van der Waals surface area (Å²) in [5, 5.41) is 0. The summed E-state index contributed by atoms with van der Waals surface area (Å²) in [6.45, 7) is 3.13. The van der Waals surface area contributed by atoms with E-state index < -0.39 is 10.0 Å². The van der Waals surface area contributed by atoms with Crippen molar-refractivity contribution in [2.45, 2.75) is 25.8 Å². The van der Waals surface area contributed by atoms with Gasteiger partial charge in [-0.05, 0) is 24.3 Å². The van der Waals surface area contributed by atoms with Gasteiger partial charge >= 0.3 is 0 Å². The fraction of sp³-hybridized carbons (Fsp3) is 0.571. The third-order valence-corrected chi connectivity index (χ3v) is 5.66. The second kappa shape index (κ2) is 6.03. The summed E-state index contributed by atoms with van der Waals surface area (Å²) in [5.41, 5.74) is 6.99. The van der Waals surface area contributed by atoms with Crippen molar-refractivity contribution in [3.8, 4) is 0 Å². The summed E-state index contributed by atoms with van der Waals surface area (Å²) >= 11 is 0. The molecule has 0 bridgehead atoms. The monoisotopic (exact) mass is 282 g/mol. The van der Waals surface area contributed by atoms with Gasteiger partial charge in [-0.1, -0.05) is 37.3 Å². The summed E-state index contributed by atoms with van der Waals surface area (Å²) in [6, 6.07) is 9.86. The molecular weight excluding hydrogens is 260 g/mol. The van der Waals surface area contributed by atoms with Gasteiger partial charge in [0.2, 0.25) is 10.0 Å². The van der Waals surface area contributed by atoms with Gasteiger partial charge in [0.1, 0.15) is 0 Å². The first-order valence-corrected chi connectivity index (χ1v) is 8.37. The maximum absolute atomic E-state index is 12.3. The van der Waals surface area contributed by atoms with Gasteiger partial charge in [0.25, 0.3) is 0 Å². The quantitative estimate of drug-likeness (QED) is 0.903. The first kappa shape index (κ1) is 14.5. The molecule has 4 nitrogen and oxygen atoms in total. The Kier molecular flexibility index (Phi) is 4.60. The molecule has 0 amide bonds. The highest BCUT2D eigenvalue weighted by molar-refractivity contribution is 7.89. The summed E-state index contributed by atoms with van der Waals surface area (Å²) in [5.74, 6) is 0.416. The molecule has 2 rings (SSSR count). The van der Waals surface area contributed by atoms with Crippen molar-refractivity contribution < 1.29 is 8.42 Å². The van der Waals surface area contributed by atoms with Crippen LogP contribution in [0.3, 0.4) is 0 Å². The number of hydrogen-bond donors (Lipinski definition) is 1. The van der Waals surface area contributed by atoms with E-state index >= 15 is 0 Å². The van der Waals surface area contributed by atoms with Crippen molar-refractivity contribution in [2.24, 2.45) is 11.7 Å². The summed E-state index contributed by atoms with van der Waals surface area (Å²) in [7, 11) is -3.16. The Labute approximate surface area is 115 Å². The molecule has 0 spiro atoms. The van der Waals surface area contributed by atoms with Crippen LogP contribution in [0.2, 0.25) is 0 Å². The lowest BCUT2D eigenvalue weighted by molar-refractivity contribution is 0.250. The van der Waals surface area contributed by atoms with Crippen molar-refractivity contribution in [1.82, 2.24) is 4.31 Å². The minimum atomic E-state index is -3.16.